The Labute approximate surface area is 155 Å². The van der Waals surface area contributed by atoms with Crippen LogP contribution in [0.1, 0.15) is 25.3 Å². The van der Waals surface area contributed by atoms with E-state index < -0.39 is 0 Å². The second kappa shape index (κ2) is 10.4. The zero-order valence-electron chi connectivity index (χ0n) is 14.0. The maximum Gasteiger partial charge on any atom is 0.191 e. The molecule has 23 heavy (non-hydrogen) atoms. The van der Waals surface area contributed by atoms with Crippen molar-refractivity contribution in [2.75, 3.05) is 20.8 Å². The van der Waals surface area contributed by atoms with Gasteiger partial charge in [0, 0.05) is 12.6 Å². The SMILES string of the molecule is CCNC(=NCc1ccc(OC)c(OC)c1)NC1CC=CC1.I. The molecule has 2 N–H and O–H groups in total. The predicted octanol–water partition coefficient (Wildman–Crippen LogP) is 3.10. The third-order valence-corrected chi connectivity index (χ3v) is 3.56. The van der Waals surface area contributed by atoms with Crippen molar-refractivity contribution in [2.24, 2.45) is 4.99 Å². The lowest BCUT2D eigenvalue weighted by molar-refractivity contribution is 0.354. The average Bonchev–Trinajstić information content (AvgIpc) is 3.05. The normalized spacial score (nSPS) is 14.3. The topological polar surface area (TPSA) is 54.9 Å². The molecule has 0 heterocycles. The fourth-order valence-electron chi connectivity index (χ4n) is 2.40. The summed E-state index contributed by atoms with van der Waals surface area (Å²) in [5, 5.41) is 6.74. The summed E-state index contributed by atoms with van der Waals surface area (Å²) in [6.07, 6.45) is 6.52. The van der Waals surface area contributed by atoms with Crippen LogP contribution in [0.15, 0.2) is 35.3 Å². The Hall–Kier alpha value is -1.44. The van der Waals surface area contributed by atoms with Gasteiger partial charge in [0.1, 0.15) is 0 Å². The zero-order chi connectivity index (χ0) is 15.8. The van der Waals surface area contributed by atoms with Crippen molar-refractivity contribution < 1.29 is 9.47 Å². The summed E-state index contributed by atoms with van der Waals surface area (Å²) in [6.45, 7) is 3.51. The van der Waals surface area contributed by atoms with Gasteiger partial charge in [0.2, 0.25) is 0 Å². The number of hydrogen-bond donors (Lipinski definition) is 2. The van der Waals surface area contributed by atoms with Crippen molar-refractivity contribution in [3.05, 3.63) is 35.9 Å². The van der Waals surface area contributed by atoms with E-state index in [1.165, 1.54) is 0 Å². The minimum Gasteiger partial charge on any atom is -0.493 e. The van der Waals surface area contributed by atoms with E-state index in [-0.39, 0.29) is 24.0 Å². The molecule has 0 unspecified atom stereocenters. The van der Waals surface area contributed by atoms with Crippen LogP contribution in [0, 0.1) is 0 Å². The smallest absolute Gasteiger partial charge is 0.191 e. The average molecular weight is 431 g/mol. The van der Waals surface area contributed by atoms with Crippen molar-refractivity contribution in [1.29, 1.82) is 0 Å². The number of nitrogens with one attached hydrogen (secondary N) is 2. The minimum atomic E-state index is 0. The van der Waals surface area contributed by atoms with Crippen molar-refractivity contribution >= 4 is 29.9 Å². The van der Waals surface area contributed by atoms with E-state index >= 15 is 0 Å². The number of aliphatic imine (C=N–C) groups is 1. The number of methoxy groups -OCH3 is 2. The first-order valence-electron chi connectivity index (χ1n) is 7.67. The van der Waals surface area contributed by atoms with Crippen LogP contribution in [0.5, 0.6) is 11.5 Å². The first-order valence-corrected chi connectivity index (χ1v) is 7.67. The van der Waals surface area contributed by atoms with E-state index in [9.17, 15) is 0 Å². The molecule has 1 aromatic rings. The quantitative estimate of drug-likeness (QED) is 0.315. The number of guanidine groups is 1. The Morgan fingerprint density at radius 3 is 2.48 bits per heavy atom. The van der Waals surface area contributed by atoms with Crippen LogP contribution in [-0.4, -0.2) is 32.8 Å². The number of ether oxygens (including phenoxy) is 2. The van der Waals surface area contributed by atoms with Crippen LogP contribution in [0.25, 0.3) is 0 Å². The third kappa shape index (κ3) is 5.93. The van der Waals surface area contributed by atoms with Crippen molar-refractivity contribution in [2.45, 2.75) is 32.4 Å². The van der Waals surface area contributed by atoms with Crippen LogP contribution in [0.3, 0.4) is 0 Å². The molecule has 1 aromatic carbocycles. The largest absolute Gasteiger partial charge is 0.493 e. The highest BCUT2D eigenvalue weighted by atomic mass is 127. The standard InChI is InChI=1S/C17H25N3O2.HI/c1-4-18-17(20-14-7-5-6-8-14)19-12-13-9-10-15(21-2)16(11-13)22-3;/h5-6,9-11,14H,4,7-8,12H2,1-3H3,(H2,18,19,20);1H. The summed E-state index contributed by atoms with van der Waals surface area (Å²) < 4.78 is 10.6. The highest BCUT2D eigenvalue weighted by Crippen LogP contribution is 2.27. The van der Waals surface area contributed by atoms with Gasteiger partial charge in [-0.15, -0.1) is 24.0 Å². The van der Waals surface area contributed by atoms with Gasteiger partial charge < -0.3 is 20.1 Å². The van der Waals surface area contributed by atoms with Crippen LogP contribution in [-0.2, 0) is 6.54 Å². The molecule has 2 rings (SSSR count). The summed E-state index contributed by atoms with van der Waals surface area (Å²) in [7, 11) is 3.28. The number of rotatable bonds is 6. The molecule has 5 nitrogen and oxygen atoms in total. The summed E-state index contributed by atoms with van der Waals surface area (Å²) >= 11 is 0. The molecule has 0 bridgehead atoms. The Morgan fingerprint density at radius 2 is 1.87 bits per heavy atom. The lowest BCUT2D eigenvalue weighted by Gasteiger charge is -2.16. The molecule has 128 valence electrons. The second-order valence-electron chi connectivity index (χ2n) is 5.17. The maximum absolute atomic E-state index is 5.33. The van der Waals surface area contributed by atoms with Gasteiger partial charge in [-0.1, -0.05) is 18.2 Å². The summed E-state index contributed by atoms with van der Waals surface area (Å²) in [5.74, 6) is 2.32. The van der Waals surface area contributed by atoms with E-state index in [0.717, 1.165) is 42.4 Å². The Bertz CT molecular complexity index is 539. The van der Waals surface area contributed by atoms with Gasteiger partial charge in [-0.3, -0.25) is 0 Å². The molecule has 0 spiro atoms. The monoisotopic (exact) mass is 431 g/mol. The molecule has 0 aliphatic heterocycles. The maximum atomic E-state index is 5.33. The van der Waals surface area contributed by atoms with Gasteiger partial charge in [-0.05, 0) is 37.5 Å². The molecule has 0 atom stereocenters. The Balaban J connectivity index is 0.00000264. The van der Waals surface area contributed by atoms with Gasteiger partial charge in [-0.25, -0.2) is 4.99 Å². The first-order chi connectivity index (χ1) is 10.8. The fraction of sp³-hybridized carbons (Fsp3) is 0.471. The Morgan fingerprint density at radius 1 is 1.17 bits per heavy atom. The lowest BCUT2D eigenvalue weighted by atomic mass is 10.2. The number of nitrogens with zero attached hydrogens (tertiary/aromatic N) is 1. The summed E-state index contributed by atoms with van der Waals surface area (Å²) in [5.41, 5.74) is 1.08. The van der Waals surface area contributed by atoms with E-state index in [1.54, 1.807) is 14.2 Å². The number of benzene rings is 1. The highest BCUT2D eigenvalue weighted by molar-refractivity contribution is 14.0. The number of hydrogen-bond acceptors (Lipinski definition) is 3. The molecular weight excluding hydrogens is 405 g/mol. The van der Waals surface area contributed by atoms with Crippen LogP contribution in [0.4, 0.5) is 0 Å². The van der Waals surface area contributed by atoms with Gasteiger partial charge in [-0.2, -0.15) is 0 Å². The molecule has 0 fully saturated rings. The van der Waals surface area contributed by atoms with Crippen molar-refractivity contribution in [3.8, 4) is 11.5 Å². The van der Waals surface area contributed by atoms with Crippen LogP contribution < -0.4 is 20.1 Å². The van der Waals surface area contributed by atoms with E-state index in [4.69, 9.17) is 9.47 Å². The second-order valence-corrected chi connectivity index (χ2v) is 5.17. The first kappa shape index (κ1) is 19.6. The van der Waals surface area contributed by atoms with E-state index in [0.29, 0.717) is 12.6 Å². The van der Waals surface area contributed by atoms with Gasteiger partial charge >= 0.3 is 0 Å². The van der Waals surface area contributed by atoms with E-state index in [1.807, 2.05) is 18.2 Å². The van der Waals surface area contributed by atoms with Crippen LogP contribution >= 0.6 is 24.0 Å². The molecular formula is C17H26IN3O2. The van der Waals surface area contributed by atoms with Crippen molar-refractivity contribution in [1.82, 2.24) is 10.6 Å². The summed E-state index contributed by atoms with van der Waals surface area (Å²) in [6, 6.07) is 6.32. The summed E-state index contributed by atoms with van der Waals surface area (Å²) in [4.78, 5) is 4.65. The third-order valence-electron chi connectivity index (χ3n) is 3.56. The molecule has 0 saturated heterocycles. The molecule has 0 saturated carbocycles. The van der Waals surface area contributed by atoms with Gasteiger partial charge in [0.25, 0.3) is 0 Å². The molecule has 0 aromatic heterocycles. The molecule has 6 heteroatoms. The predicted molar refractivity (Wildman–Crippen MR) is 105 cm³/mol. The molecule has 0 radical (unpaired) electrons. The molecule has 1 aliphatic carbocycles. The minimum absolute atomic E-state index is 0. The zero-order valence-corrected chi connectivity index (χ0v) is 16.3. The Kier molecular flexibility index (Phi) is 8.83. The van der Waals surface area contributed by atoms with Gasteiger partial charge in [0.05, 0.1) is 20.8 Å². The molecule has 0 amide bonds. The van der Waals surface area contributed by atoms with Crippen LogP contribution in [0.2, 0.25) is 0 Å². The number of halogens is 1. The fourth-order valence-corrected chi connectivity index (χ4v) is 2.40. The molecule has 1 aliphatic rings. The van der Waals surface area contributed by atoms with Gasteiger partial charge in [0.15, 0.2) is 17.5 Å². The van der Waals surface area contributed by atoms with E-state index in [2.05, 4.69) is 34.7 Å². The highest BCUT2D eigenvalue weighted by Gasteiger charge is 2.11. The van der Waals surface area contributed by atoms with Crippen molar-refractivity contribution in [3.63, 3.8) is 0 Å². The lowest BCUT2D eigenvalue weighted by Crippen LogP contribution is -2.42.